The summed E-state index contributed by atoms with van der Waals surface area (Å²) in [6, 6.07) is 22.4. The Morgan fingerprint density at radius 2 is 1.72 bits per heavy atom. The summed E-state index contributed by atoms with van der Waals surface area (Å²) in [5.41, 5.74) is 4.79. The Morgan fingerprint density at radius 1 is 1.00 bits per heavy atom. The molecule has 0 saturated heterocycles. The fourth-order valence-corrected chi connectivity index (χ4v) is 4.45. The summed E-state index contributed by atoms with van der Waals surface area (Å²) in [7, 11) is 1.63. The summed E-state index contributed by atoms with van der Waals surface area (Å²) < 4.78 is 5.32. The van der Waals surface area contributed by atoms with Gasteiger partial charge in [-0.1, -0.05) is 65.7 Å². The molecule has 1 aliphatic rings. The van der Waals surface area contributed by atoms with Gasteiger partial charge in [0, 0.05) is 27.7 Å². The molecule has 1 amide bonds. The molecule has 0 aliphatic carbocycles. The fourth-order valence-electron chi connectivity index (χ4n) is 4.13. The van der Waals surface area contributed by atoms with E-state index in [4.69, 9.17) is 27.9 Å². The molecular formula is C25H19Cl2N3O2. The second-order valence-corrected chi connectivity index (χ2v) is 8.41. The molecule has 5 rings (SSSR count). The highest BCUT2D eigenvalue weighted by atomic mass is 35.5. The molecule has 160 valence electrons. The molecule has 0 saturated carbocycles. The molecule has 1 N–H and O–H groups in total. The van der Waals surface area contributed by atoms with Gasteiger partial charge in [0.2, 0.25) is 0 Å². The van der Waals surface area contributed by atoms with Crippen LogP contribution < -0.4 is 4.74 Å². The number of carbonyl (C=O) groups is 1. The van der Waals surface area contributed by atoms with E-state index >= 15 is 0 Å². The number of ether oxygens (including phenoxy) is 1. The maximum Gasteiger partial charge on any atom is 0.273 e. The lowest BCUT2D eigenvalue weighted by Crippen LogP contribution is -2.29. The van der Waals surface area contributed by atoms with E-state index in [-0.39, 0.29) is 11.9 Å². The summed E-state index contributed by atoms with van der Waals surface area (Å²) in [5, 5.41) is 8.73. The average molecular weight is 464 g/mol. The first-order valence-corrected chi connectivity index (χ1v) is 10.8. The third kappa shape index (κ3) is 3.53. The van der Waals surface area contributed by atoms with Crippen LogP contribution in [0.2, 0.25) is 10.0 Å². The van der Waals surface area contributed by atoms with Crippen molar-refractivity contribution in [2.75, 3.05) is 7.11 Å². The van der Waals surface area contributed by atoms with Gasteiger partial charge in [0.1, 0.15) is 11.4 Å². The van der Waals surface area contributed by atoms with Crippen molar-refractivity contribution in [1.82, 2.24) is 15.1 Å². The molecule has 32 heavy (non-hydrogen) atoms. The van der Waals surface area contributed by atoms with E-state index in [9.17, 15) is 4.79 Å². The van der Waals surface area contributed by atoms with Crippen molar-refractivity contribution in [3.05, 3.63) is 105 Å². The highest BCUT2D eigenvalue weighted by Gasteiger charge is 2.42. The molecule has 0 bridgehead atoms. The molecule has 4 aromatic rings. The van der Waals surface area contributed by atoms with Gasteiger partial charge in [-0.2, -0.15) is 5.10 Å². The van der Waals surface area contributed by atoms with Gasteiger partial charge in [-0.3, -0.25) is 9.89 Å². The number of aromatic amines is 1. The number of hydrogen-bond donors (Lipinski definition) is 1. The Bertz CT molecular complexity index is 1280. The number of amides is 1. The predicted molar refractivity (Wildman–Crippen MR) is 125 cm³/mol. The Kier molecular flexibility index (Phi) is 5.37. The van der Waals surface area contributed by atoms with Crippen molar-refractivity contribution in [3.63, 3.8) is 0 Å². The van der Waals surface area contributed by atoms with Crippen LogP contribution in [0.3, 0.4) is 0 Å². The van der Waals surface area contributed by atoms with E-state index in [0.717, 1.165) is 33.7 Å². The Morgan fingerprint density at radius 3 is 2.41 bits per heavy atom. The van der Waals surface area contributed by atoms with Crippen LogP contribution in [0.5, 0.6) is 5.75 Å². The number of aromatic nitrogens is 2. The van der Waals surface area contributed by atoms with Gasteiger partial charge in [-0.25, -0.2) is 0 Å². The van der Waals surface area contributed by atoms with E-state index in [0.29, 0.717) is 22.3 Å². The molecule has 0 spiro atoms. The van der Waals surface area contributed by atoms with Crippen LogP contribution in [0.15, 0.2) is 72.8 Å². The lowest BCUT2D eigenvalue weighted by molar-refractivity contribution is 0.0730. The number of halogens is 2. The molecule has 1 unspecified atom stereocenters. The zero-order chi connectivity index (χ0) is 22.2. The van der Waals surface area contributed by atoms with E-state index in [2.05, 4.69) is 10.2 Å². The summed E-state index contributed by atoms with van der Waals surface area (Å²) in [4.78, 5) is 15.3. The Balaban J connectivity index is 1.64. The molecule has 1 aliphatic heterocycles. The molecule has 3 aromatic carbocycles. The van der Waals surface area contributed by atoms with Crippen molar-refractivity contribution in [2.24, 2.45) is 0 Å². The van der Waals surface area contributed by atoms with Gasteiger partial charge in [-0.05, 0) is 41.5 Å². The monoisotopic (exact) mass is 463 g/mol. The van der Waals surface area contributed by atoms with E-state index in [1.807, 2.05) is 77.7 Å². The van der Waals surface area contributed by atoms with Gasteiger partial charge >= 0.3 is 0 Å². The van der Waals surface area contributed by atoms with Crippen molar-refractivity contribution in [2.45, 2.75) is 12.6 Å². The molecule has 2 heterocycles. The summed E-state index contributed by atoms with van der Waals surface area (Å²) in [6.07, 6.45) is 0. The largest absolute Gasteiger partial charge is 0.497 e. The summed E-state index contributed by atoms with van der Waals surface area (Å²) >= 11 is 12.5. The standard InChI is InChI=1S/C25H19Cl2N3O2/c1-32-19-12-8-16(9-13-19)24-21-22(15-6-10-18(26)11-7-15)28-29-23(21)25(31)30(24)14-17-4-2-3-5-20(17)27/h2-13,24H,14H2,1H3,(H,28,29). The number of nitrogens with one attached hydrogen (secondary N) is 1. The lowest BCUT2D eigenvalue weighted by Gasteiger charge is -2.27. The Labute approximate surface area is 195 Å². The molecule has 5 nitrogen and oxygen atoms in total. The van der Waals surface area contributed by atoms with Crippen molar-refractivity contribution in [1.29, 1.82) is 0 Å². The number of carbonyl (C=O) groups excluding carboxylic acids is 1. The SMILES string of the molecule is COc1ccc(C2c3c(-c4ccc(Cl)cc4)n[nH]c3C(=O)N2Cc2ccccc2Cl)cc1. The van der Waals surface area contributed by atoms with Gasteiger partial charge in [0.25, 0.3) is 5.91 Å². The second-order valence-electron chi connectivity index (χ2n) is 7.57. The van der Waals surface area contributed by atoms with E-state index in [1.54, 1.807) is 7.11 Å². The van der Waals surface area contributed by atoms with Gasteiger partial charge in [0.05, 0.1) is 18.8 Å². The zero-order valence-electron chi connectivity index (χ0n) is 17.2. The average Bonchev–Trinajstić information content (AvgIpc) is 3.35. The summed E-state index contributed by atoms with van der Waals surface area (Å²) in [6.45, 7) is 0.373. The highest BCUT2D eigenvalue weighted by Crippen LogP contribution is 2.44. The minimum Gasteiger partial charge on any atom is -0.497 e. The van der Waals surface area contributed by atoms with Crippen molar-refractivity contribution < 1.29 is 9.53 Å². The Hall–Kier alpha value is -3.28. The van der Waals surface area contributed by atoms with Crippen molar-refractivity contribution in [3.8, 4) is 17.0 Å². The molecule has 1 atom stereocenters. The molecule has 0 fully saturated rings. The minimum atomic E-state index is -0.330. The second kappa shape index (κ2) is 8.34. The van der Waals surface area contributed by atoms with Crippen molar-refractivity contribution >= 4 is 29.1 Å². The number of hydrogen-bond acceptors (Lipinski definition) is 3. The number of nitrogens with zero attached hydrogens (tertiary/aromatic N) is 2. The van der Waals surface area contributed by atoms with E-state index < -0.39 is 0 Å². The first-order chi connectivity index (χ1) is 15.6. The number of benzene rings is 3. The van der Waals surface area contributed by atoms with Crippen LogP contribution in [0.25, 0.3) is 11.3 Å². The quantitative estimate of drug-likeness (QED) is 0.386. The third-order valence-corrected chi connectivity index (χ3v) is 6.33. The van der Waals surface area contributed by atoms with Crippen LogP contribution in [-0.4, -0.2) is 28.1 Å². The predicted octanol–water partition coefficient (Wildman–Crippen LogP) is 6.14. The topological polar surface area (TPSA) is 58.2 Å². The first-order valence-electron chi connectivity index (χ1n) is 10.1. The lowest BCUT2D eigenvalue weighted by atomic mass is 9.96. The smallest absolute Gasteiger partial charge is 0.273 e. The number of rotatable bonds is 5. The third-order valence-electron chi connectivity index (χ3n) is 5.71. The molecule has 0 radical (unpaired) electrons. The molecule has 7 heteroatoms. The molecular weight excluding hydrogens is 445 g/mol. The van der Waals surface area contributed by atoms with Crippen LogP contribution >= 0.6 is 23.2 Å². The minimum absolute atomic E-state index is 0.117. The fraction of sp³-hybridized carbons (Fsp3) is 0.120. The van der Waals surface area contributed by atoms with Gasteiger partial charge in [-0.15, -0.1) is 0 Å². The number of methoxy groups -OCH3 is 1. The van der Waals surface area contributed by atoms with Crippen LogP contribution in [0.1, 0.15) is 33.2 Å². The molecule has 1 aromatic heterocycles. The number of H-pyrrole nitrogens is 1. The maximum absolute atomic E-state index is 13.5. The summed E-state index contributed by atoms with van der Waals surface area (Å²) in [5.74, 6) is 0.634. The van der Waals surface area contributed by atoms with Crippen LogP contribution in [0.4, 0.5) is 0 Å². The van der Waals surface area contributed by atoms with Gasteiger partial charge in [0.15, 0.2) is 0 Å². The van der Waals surface area contributed by atoms with Crippen LogP contribution in [-0.2, 0) is 6.54 Å². The normalized spacial score (nSPS) is 15.2. The zero-order valence-corrected chi connectivity index (χ0v) is 18.7. The number of fused-ring (bicyclic) bond motifs is 1. The maximum atomic E-state index is 13.5. The first kappa shape index (κ1) is 20.6. The van der Waals surface area contributed by atoms with E-state index in [1.165, 1.54) is 0 Å². The van der Waals surface area contributed by atoms with Gasteiger partial charge < -0.3 is 9.64 Å². The van der Waals surface area contributed by atoms with Crippen LogP contribution in [0, 0.1) is 0 Å². The highest BCUT2D eigenvalue weighted by molar-refractivity contribution is 6.31.